The third-order valence-electron chi connectivity index (χ3n) is 5.44. The van der Waals surface area contributed by atoms with Crippen molar-refractivity contribution in [1.82, 2.24) is 4.98 Å². The Morgan fingerprint density at radius 1 is 1.14 bits per heavy atom. The van der Waals surface area contributed by atoms with E-state index in [2.05, 4.69) is 0 Å². The summed E-state index contributed by atoms with van der Waals surface area (Å²) in [6.45, 7) is 6.68. The van der Waals surface area contributed by atoms with E-state index in [9.17, 15) is 9.18 Å². The Morgan fingerprint density at radius 3 is 2.74 bits per heavy atom. The molecule has 1 aliphatic rings. The maximum Gasteiger partial charge on any atom is 0.335 e. The van der Waals surface area contributed by atoms with Gasteiger partial charge in [-0.15, -0.1) is 11.3 Å². The topological polar surface area (TPSA) is 76.1 Å². The van der Waals surface area contributed by atoms with E-state index in [4.69, 9.17) is 28.7 Å². The Morgan fingerprint density at radius 2 is 1.97 bits per heavy atom. The number of esters is 1. The summed E-state index contributed by atoms with van der Waals surface area (Å²) in [4.78, 5) is 17.9. The van der Waals surface area contributed by atoms with Gasteiger partial charge in [-0.25, -0.2) is 14.2 Å². The first-order valence-corrected chi connectivity index (χ1v) is 12.4. The van der Waals surface area contributed by atoms with Crippen LogP contribution in [0.5, 0.6) is 17.2 Å². The number of thiazole rings is 1. The van der Waals surface area contributed by atoms with Gasteiger partial charge in [0.2, 0.25) is 6.79 Å². The van der Waals surface area contributed by atoms with Crippen molar-refractivity contribution in [3.8, 4) is 27.8 Å². The molecule has 0 fully saturated rings. The quantitative estimate of drug-likeness (QED) is 0.338. The van der Waals surface area contributed by atoms with Crippen LogP contribution in [-0.2, 0) is 27.1 Å². The predicted molar refractivity (Wildman–Crippen MR) is 130 cm³/mol. The van der Waals surface area contributed by atoms with E-state index in [-0.39, 0.29) is 32.2 Å². The van der Waals surface area contributed by atoms with E-state index < -0.39 is 17.9 Å². The highest BCUT2D eigenvalue weighted by molar-refractivity contribution is 7.15. The monoisotopic (exact) mass is 501 g/mol. The van der Waals surface area contributed by atoms with Crippen molar-refractivity contribution in [2.75, 3.05) is 26.6 Å². The molecule has 9 heteroatoms. The first kappa shape index (κ1) is 24.9. The van der Waals surface area contributed by atoms with Crippen LogP contribution < -0.4 is 14.2 Å². The summed E-state index contributed by atoms with van der Waals surface area (Å²) in [7, 11) is 0. The molecule has 0 aliphatic carbocycles. The van der Waals surface area contributed by atoms with Crippen molar-refractivity contribution < 1.29 is 32.9 Å². The van der Waals surface area contributed by atoms with Gasteiger partial charge in [0.15, 0.2) is 29.2 Å². The molecule has 0 saturated heterocycles. The van der Waals surface area contributed by atoms with Gasteiger partial charge in [-0.1, -0.05) is 6.07 Å². The summed E-state index contributed by atoms with van der Waals surface area (Å²) in [5.41, 5.74) is 2.50. The second kappa shape index (κ2) is 11.5. The summed E-state index contributed by atoms with van der Waals surface area (Å²) in [6, 6.07) is 10.4. The number of fused-ring (bicyclic) bond motifs is 1. The smallest absolute Gasteiger partial charge is 0.335 e. The third-order valence-corrected chi connectivity index (χ3v) is 6.51. The number of benzene rings is 2. The molecule has 186 valence electrons. The lowest BCUT2D eigenvalue weighted by atomic mass is 10.1. The second-order valence-corrected chi connectivity index (χ2v) is 9.06. The summed E-state index contributed by atoms with van der Waals surface area (Å²) in [5.74, 6) is 0.667. The number of aromatic nitrogens is 1. The molecule has 3 aromatic rings. The van der Waals surface area contributed by atoms with Crippen LogP contribution in [0.3, 0.4) is 0 Å². The summed E-state index contributed by atoms with van der Waals surface area (Å²) in [6.07, 6.45) is 0.00570. The minimum Gasteiger partial charge on any atom is -0.490 e. The Hall–Kier alpha value is -3.17. The zero-order valence-corrected chi connectivity index (χ0v) is 20.8. The van der Waals surface area contributed by atoms with Crippen LogP contribution in [0.2, 0.25) is 0 Å². The number of hydrogen-bond donors (Lipinski definition) is 0. The van der Waals surface area contributed by atoms with Crippen LogP contribution in [0.4, 0.5) is 4.39 Å². The molecule has 0 amide bonds. The van der Waals surface area contributed by atoms with Crippen LogP contribution in [0.1, 0.15) is 30.0 Å². The van der Waals surface area contributed by atoms with Crippen LogP contribution in [0.25, 0.3) is 10.6 Å². The van der Waals surface area contributed by atoms with Crippen LogP contribution >= 0.6 is 11.3 Å². The molecule has 1 atom stereocenters. The van der Waals surface area contributed by atoms with Crippen molar-refractivity contribution in [2.45, 2.75) is 39.7 Å². The Kier molecular flexibility index (Phi) is 8.20. The van der Waals surface area contributed by atoms with E-state index in [1.807, 2.05) is 25.1 Å². The first-order chi connectivity index (χ1) is 17.0. The average molecular weight is 502 g/mol. The summed E-state index contributed by atoms with van der Waals surface area (Å²) >= 11 is 1.59. The van der Waals surface area contributed by atoms with Crippen molar-refractivity contribution in [2.24, 2.45) is 0 Å². The molecule has 1 unspecified atom stereocenters. The zero-order valence-electron chi connectivity index (χ0n) is 20.0. The van der Waals surface area contributed by atoms with Crippen molar-refractivity contribution in [3.05, 3.63) is 58.3 Å². The molecule has 7 nitrogen and oxygen atoms in total. The molecule has 2 heterocycles. The van der Waals surface area contributed by atoms with Crippen molar-refractivity contribution in [1.29, 1.82) is 0 Å². The number of carbonyl (C=O) groups excluding carboxylic acids is 1. The van der Waals surface area contributed by atoms with E-state index >= 15 is 0 Å². The normalized spacial score (nSPS) is 13.0. The molecule has 4 rings (SSSR count). The number of rotatable bonds is 11. The minimum absolute atomic E-state index is 0.154. The zero-order chi connectivity index (χ0) is 24.8. The maximum atomic E-state index is 14.7. The van der Waals surface area contributed by atoms with Gasteiger partial charge < -0.3 is 23.7 Å². The average Bonchev–Trinajstić information content (AvgIpc) is 3.46. The van der Waals surface area contributed by atoms with Crippen molar-refractivity contribution in [3.63, 3.8) is 0 Å². The van der Waals surface area contributed by atoms with Crippen LogP contribution in [-0.4, -0.2) is 43.7 Å². The van der Waals surface area contributed by atoms with E-state index in [0.717, 1.165) is 26.9 Å². The van der Waals surface area contributed by atoms with E-state index in [1.54, 1.807) is 37.3 Å². The molecule has 1 aromatic heterocycles. The first-order valence-electron chi connectivity index (χ1n) is 11.5. The van der Waals surface area contributed by atoms with Gasteiger partial charge in [0.25, 0.3) is 0 Å². The molecular weight excluding hydrogens is 473 g/mol. The van der Waals surface area contributed by atoms with Gasteiger partial charge in [-0.05, 0) is 56.7 Å². The molecule has 0 bridgehead atoms. The fourth-order valence-electron chi connectivity index (χ4n) is 3.72. The van der Waals surface area contributed by atoms with E-state index in [1.165, 1.54) is 6.07 Å². The predicted octanol–water partition coefficient (Wildman–Crippen LogP) is 5.12. The summed E-state index contributed by atoms with van der Waals surface area (Å²) in [5, 5.41) is 0.886. The Bertz CT molecular complexity index is 1180. The van der Waals surface area contributed by atoms with Gasteiger partial charge in [-0.2, -0.15) is 0 Å². The van der Waals surface area contributed by atoms with Gasteiger partial charge in [-0.3, -0.25) is 0 Å². The number of carbonyl (C=O) groups is 1. The molecule has 1 aliphatic heterocycles. The van der Waals surface area contributed by atoms with Crippen molar-refractivity contribution >= 4 is 17.3 Å². The Balaban J connectivity index is 1.35. The van der Waals surface area contributed by atoms with Gasteiger partial charge in [0.05, 0.1) is 18.9 Å². The maximum absolute atomic E-state index is 14.7. The fourth-order valence-corrected chi connectivity index (χ4v) is 4.68. The van der Waals surface area contributed by atoms with Crippen LogP contribution in [0, 0.1) is 12.7 Å². The van der Waals surface area contributed by atoms with Gasteiger partial charge in [0, 0.05) is 29.9 Å². The lowest BCUT2D eigenvalue weighted by Crippen LogP contribution is -2.29. The highest BCUT2D eigenvalue weighted by Gasteiger charge is 2.21. The lowest BCUT2D eigenvalue weighted by molar-refractivity contribution is -0.156. The number of nitrogens with zero attached hydrogens (tertiary/aromatic N) is 1. The lowest BCUT2D eigenvalue weighted by Gasteiger charge is -2.16. The minimum atomic E-state index is -0.766. The highest BCUT2D eigenvalue weighted by Crippen LogP contribution is 2.37. The van der Waals surface area contributed by atoms with Gasteiger partial charge >= 0.3 is 5.97 Å². The number of aryl methyl sites for hydroxylation is 1. The molecule has 0 saturated carbocycles. The third kappa shape index (κ3) is 6.10. The molecule has 2 aromatic carbocycles. The van der Waals surface area contributed by atoms with Crippen LogP contribution in [0.15, 0.2) is 36.4 Å². The second-order valence-electron chi connectivity index (χ2n) is 7.85. The molecule has 0 N–H and O–H groups in total. The Labute approximate surface area is 207 Å². The number of hydrogen-bond acceptors (Lipinski definition) is 8. The standard InChI is InChI=1S/C26H28FNO6S/c1-4-30-24(26(29)31-5-2)13-17-6-8-21(19(27)12-17)32-11-10-20-16(3)35-25(28-20)18-7-9-22-23(14-18)34-15-33-22/h6-9,12,14,24H,4-5,10-11,13,15H2,1-3H3. The summed E-state index contributed by atoms with van der Waals surface area (Å²) < 4.78 is 41.7. The molecule has 0 spiro atoms. The number of ether oxygens (including phenoxy) is 5. The molecule has 35 heavy (non-hydrogen) atoms. The highest BCUT2D eigenvalue weighted by atomic mass is 32.1. The van der Waals surface area contributed by atoms with Gasteiger partial charge in [0.1, 0.15) is 5.01 Å². The SMILES string of the molecule is CCOC(=O)C(Cc1ccc(OCCc2nc(-c3ccc4c(c3)OCO4)sc2C)c(F)c1)OCC. The van der Waals surface area contributed by atoms with E-state index in [0.29, 0.717) is 24.3 Å². The molecular formula is C26H28FNO6S. The number of halogens is 1. The molecule has 0 radical (unpaired) electrons. The largest absolute Gasteiger partial charge is 0.490 e. The fraction of sp³-hybridized carbons (Fsp3) is 0.385.